The van der Waals surface area contributed by atoms with Crippen molar-refractivity contribution in [1.29, 1.82) is 0 Å². The third-order valence-electron chi connectivity index (χ3n) is 3.35. The molecule has 2 aromatic carbocycles. The fraction of sp³-hybridized carbons (Fsp3) is 0.0625. The largest absolute Gasteiger partial charge is 0.335 e. The quantitative estimate of drug-likeness (QED) is 0.307. The Labute approximate surface area is 189 Å². The van der Waals surface area contributed by atoms with Crippen molar-refractivity contribution in [3.05, 3.63) is 54.8 Å². The third-order valence-corrected chi connectivity index (χ3v) is 6.24. The van der Waals surface area contributed by atoms with E-state index in [0.717, 1.165) is 19.0 Å². The molecule has 0 bridgehead atoms. The van der Waals surface area contributed by atoms with E-state index in [1.807, 2.05) is 18.2 Å². The molecule has 3 rings (SSSR count). The molecule has 0 fully saturated rings. The van der Waals surface area contributed by atoms with Gasteiger partial charge in [0.25, 0.3) is 0 Å². The molecular weight excluding hydrogens is 585 g/mol. The number of halogens is 4. The number of carbonyl (C=O) groups is 1. The van der Waals surface area contributed by atoms with E-state index in [0.29, 0.717) is 21.7 Å². The van der Waals surface area contributed by atoms with E-state index in [2.05, 4.69) is 63.3 Å². The second-order valence-electron chi connectivity index (χ2n) is 5.27. The lowest BCUT2D eigenvalue weighted by Gasteiger charge is -2.10. The van der Waals surface area contributed by atoms with Gasteiger partial charge in [0.05, 0.1) is 11.4 Å². The predicted molar refractivity (Wildman–Crippen MR) is 120 cm³/mol. The van der Waals surface area contributed by atoms with Crippen LogP contribution in [-0.4, -0.2) is 26.5 Å². The molecule has 0 saturated heterocycles. The van der Waals surface area contributed by atoms with Gasteiger partial charge in [-0.25, -0.2) is 4.68 Å². The highest BCUT2D eigenvalue weighted by molar-refractivity contribution is 9.11. The monoisotopic (exact) mass is 593 g/mol. The molecule has 3 N–H and O–H groups in total. The number of nitrogens with zero attached hydrogens (tertiary/aromatic N) is 3. The van der Waals surface area contributed by atoms with Crippen molar-refractivity contribution in [1.82, 2.24) is 14.9 Å². The maximum absolute atomic E-state index is 12.3. The standard InChI is InChI=1S/C16H11Br3ClN5OS/c17-9-5-11(18)14(12(19)6-9)22-13(26)7-27-16-24-23-15(25(16)21)8-2-1-3-10(20)4-8/h1-6H,7,21H2,(H,22,26). The zero-order chi connectivity index (χ0) is 19.6. The van der Waals surface area contributed by atoms with Crippen molar-refractivity contribution in [2.45, 2.75) is 5.16 Å². The van der Waals surface area contributed by atoms with Crippen molar-refractivity contribution in [2.75, 3.05) is 16.9 Å². The van der Waals surface area contributed by atoms with Gasteiger partial charge >= 0.3 is 0 Å². The van der Waals surface area contributed by atoms with Crippen LogP contribution < -0.4 is 11.2 Å². The van der Waals surface area contributed by atoms with E-state index in [1.54, 1.807) is 18.2 Å². The molecule has 0 radical (unpaired) electrons. The number of aromatic nitrogens is 3. The molecule has 0 aliphatic rings. The summed E-state index contributed by atoms with van der Waals surface area (Å²) in [6.45, 7) is 0. The average Bonchev–Trinajstić information content (AvgIpc) is 2.97. The van der Waals surface area contributed by atoms with Gasteiger partial charge in [0.2, 0.25) is 11.1 Å². The zero-order valence-electron chi connectivity index (χ0n) is 13.4. The smallest absolute Gasteiger partial charge is 0.234 e. The summed E-state index contributed by atoms with van der Waals surface area (Å²) in [6.07, 6.45) is 0. The number of thioether (sulfide) groups is 1. The molecule has 0 atom stereocenters. The number of nitrogen functional groups attached to an aromatic ring is 1. The molecule has 6 nitrogen and oxygen atoms in total. The Morgan fingerprint density at radius 2 is 1.89 bits per heavy atom. The van der Waals surface area contributed by atoms with Crippen LogP contribution in [0.5, 0.6) is 0 Å². The van der Waals surface area contributed by atoms with E-state index in [9.17, 15) is 4.79 Å². The van der Waals surface area contributed by atoms with E-state index >= 15 is 0 Å². The number of anilines is 1. The lowest BCUT2D eigenvalue weighted by Crippen LogP contribution is -2.17. The fourth-order valence-corrected chi connectivity index (χ4v) is 5.47. The maximum atomic E-state index is 12.3. The van der Waals surface area contributed by atoms with Gasteiger partial charge in [-0.2, -0.15) is 0 Å². The lowest BCUT2D eigenvalue weighted by molar-refractivity contribution is -0.113. The van der Waals surface area contributed by atoms with Crippen LogP contribution in [0.1, 0.15) is 0 Å². The van der Waals surface area contributed by atoms with Crippen LogP contribution in [0.2, 0.25) is 5.02 Å². The minimum atomic E-state index is -0.198. The van der Waals surface area contributed by atoms with Crippen LogP contribution in [0.15, 0.2) is 55.0 Å². The minimum absolute atomic E-state index is 0.125. The first-order valence-electron chi connectivity index (χ1n) is 7.39. The Morgan fingerprint density at radius 3 is 2.56 bits per heavy atom. The van der Waals surface area contributed by atoms with Crippen molar-refractivity contribution in [2.24, 2.45) is 0 Å². The highest BCUT2D eigenvalue weighted by Crippen LogP contribution is 2.34. The number of benzene rings is 2. The minimum Gasteiger partial charge on any atom is -0.335 e. The van der Waals surface area contributed by atoms with Crippen molar-refractivity contribution in [3.63, 3.8) is 0 Å². The van der Waals surface area contributed by atoms with Gasteiger partial charge in [0.15, 0.2) is 5.82 Å². The zero-order valence-corrected chi connectivity index (χ0v) is 19.7. The highest BCUT2D eigenvalue weighted by atomic mass is 79.9. The fourth-order valence-electron chi connectivity index (χ4n) is 2.17. The molecule has 3 aromatic rings. The molecule has 11 heteroatoms. The van der Waals surface area contributed by atoms with Crippen molar-refractivity contribution < 1.29 is 4.79 Å². The Kier molecular flexibility index (Phi) is 6.85. The van der Waals surface area contributed by atoms with Gasteiger partial charge in [0.1, 0.15) is 0 Å². The lowest BCUT2D eigenvalue weighted by atomic mass is 10.2. The number of hydrogen-bond acceptors (Lipinski definition) is 5. The predicted octanol–water partition coefficient (Wildman–Crippen LogP) is 5.33. The Balaban J connectivity index is 1.68. The van der Waals surface area contributed by atoms with Crippen LogP contribution in [0.4, 0.5) is 5.69 Å². The van der Waals surface area contributed by atoms with E-state index in [1.165, 1.54) is 16.4 Å². The molecule has 0 aliphatic carbocycles. The van der Waals surface area contributed by atoms with Crippen LogP contribution in [0, 0.1) is 0 Å². The van der Waals surface area contributed by atoms with Crippen LogP contribution in [0.25, 0.3) is 11.4 Å². The maximum Gasteiger partial charge on any atom is 0.234 e. The Morgan fingerprint density at radius 1 is 1.19 bits per heavy atom. The molecule has 1 amide bonds. The number of hydrogen-bond donors (Lipinski definition) is 2. The first-order valence-corrected chi connectivity index (χ1v) is 11.1. The van der Waals surface area contributed by atoms with E-state index in [-0.39, 0.29) is 11.7 Å². The van der Waals surface area contributed by atoms with Crippen molar-refractivity contribution >= 4 is 82.7 Å². The van der Waals surface area contributed by atoms with Crippen LogP contribution in [-0.2, 0) is 4.79 Å². The second-order valence-corrected chi connectivity index (χ2v) is 9.27. The number of rotatable bonds is 5. The molecule has 140 valence electrons. The van der Waals surface area contributed by atoms with Crippen LogP contribution in [0.3, 0.4) is 0 Å². The van der Waals surface area contributed by atoms with Gasteiger partial charge in [-0.3, -0.25) is 4.79 Å². The molecule has 0 aliphatic heterocycles. The normalized spacial score (nSPS) is 10.8. The Hall–Kier alpha value is -1.07. The number of nitrogens with two attached hydrogens (primary N) is 1. The van der Waals surface area contributed by atoms with Crippen LogP contribution >= 0.6 is 71.2 Å². The summed E-state index contributed by atoms with van der Waals surface area (Å²) in [5, 5.41) is 12.0. The number of amides is 1. The summed E-state index contributed by atoms with van der Waals surface area (Å²) in [7, 11) is 0. The van der Waals surface area contributed by atoms with Gasteiger partial charge < -0.3 is 11.2 Å². The van der Waals surface area contributed by atoms with E-state index < -0.39 is 0 Å². The van der Waals surface area contributed by atoms with Gasteiger partial charge in [-0.1, -0.05) is 51.4 Å². The number of carbonyl (C=O) groups excluding carboxylic acids is 1. The SMILES string of the molecule is Nn1c(SCC(=O)Nc2c(Br)cc(Br)cc2Br)nnc1-c1cccc(Cl)c1. The number of nitrogens with one attached hydrogen (secondary N) is 1. The summed E-state index contributed by atoms with van der Waals surface area (Å²) < 4.78 is 3.74. The van der Waals surface area contributed by atoms with Gasteiger partial charge in [-0.05, 0) is 56.1 Å². The summed E-state index contributed by atoms with van der Waals surface area (Å²) in [4.78, 5) is 12.3. The first kappa shape index (κ1) is 20.7. The summed E-state index contributed by atoms with van der Waals surface area (Å²) in [5.41, 5.74) is 1.40. The van der Waals surface area contributed by atoms with Crippen molar-refractivity contribution in [3.8, 4) is 11.4 Å². The molecule has 0 unspecified atom stereocenters. The average molecular weight is 597 g/mol. The second kappa shape index (κ2) is 8.95. The third kappa shape index (κ3) is 5.05. The molecular formula is C16H11Br3ClN5OS. The topological polar surface area (TPSA) is 85.8 Å². The molecule has 1 heterocycles. The summed E-state index contributed by atoms with van der Waals surface area (Å²) >= 11 is 17.4. The van der Waals surface area contributed by atoms with E-state index in [4.69, 9.17) is 17.4 Å². The highest BCUT2D eigenvalue weighted by Gasteiger charge is 2.15. The summed E-state index contributed by atoms with van der Waals surface area (Å²) in [6, 6.07) is 10.9. The first-order chi connectivity index (χ1) is 12.8. The Bertz CT molecular complexity index is 990. The summed E-state index contributed by atoms with van der Waals surface area (Å²) in [5.74, 6) is 6.46. The molecule has 27 heavy (non-hydrogen) atoms. The molecule has 0 saturated carbocycles. The van der Waals surface area contributed by atoms with Gasteiger partial charge in [-0.15, -0.1) is 10.2 Å². The molecule has 0 spiro atoms. The molecule has 1 aromatic heterocycles. The van der Waals surface area contributed by atoms with Gasteiger partial charge in [0, 0.05) is 24.0 Å².